The minimum atomic E-state index is 1.11. The number of hydrogen-bond acceptors (Lipinski definition) is 3. The third-order valence-electron chi connectivity index (χ3n) is 10.9. The minimum absolute atomic E-state index is 1.11. The number of thiophene rings is 2. The van der Waals surface area contributed by atoms with Crippen molar-refractivity contribution in [3.63, 3.8) is 0 Å². The highest BCUT2D eigenvalue weighted by atomic mass is 32.1. The van der Waals surface area contributed by atoms with Crippen molar-refractivity contribution < 1.29 is 0 Å². The lowest BCUT2D eigenvalue weighted by molar-refractivity contribution is 1.28. The number of anilines is 3. The fourth-order valence-electron chi connectivity index (χ4n) is 8.40. The number of benzene rings is 9. The molecule has 55 heavy (non-hydrogen) atoms. The van der Waals surface area contributed by atoms with E-state index in [1.165, 1.54) is 84.5 Å². The monoisotopic (exact) mass is 735 g/mol. The van der Waals surface area contributed by atoms with E-state index in [-0.39, 0.29) is 0 Å². The van der Waals surface area contributed by atoms with Crippen LogP contribution in [0.5, 0.6) is 0 Å². The molecule has 11 aromatic rings. The summed E-state index contributed by atoms with van der Waals surface area (Å²) in [5, 5.41) is 7.73. The molecule has 0 aliphatic heterocycles. The van der Waals surface area contributed by atoms with E-state index >= 15 is 0 Å². The van der Waals surface area contributed by atoms with Crippen LogP contribution in [0.2, 0.25) is 0 Å². The van der Waals surface area contributed by atoms with Gasteiger partial charge in [0, 0.05) is 57.3 Å². The first-order chi connectivity index (χ1) is 27.3. The van der Waals surface area contributed by atoms with Crippen LogP contribution in [-0.2, 0) is 0 Å². The Balaban J connectivity index is 1.14. The zero-order chi connectivity index (χ0) is 36.3. The van der Waals surface area contributed by atoms with Gasteiger partial charge in [-0.15, -0.1) is 22.7 Å². The molecule has 3 heteroatoms. The number of rotatable bonds is 6. The number of hydrogen-bond donors (Lipinski definition) is 0. The molecule has 2 aromatic heterocycles. The molecule has 0 saturated carbocycles. The summed E-state index contributed by atoms with van der Waals surface area (Å²) in [5.74, 6) is 0. The predicted octanol–water partition coefficient (Wildman–Crippen LogP) is 16.0. The van der Waals surface area contributed by atoms with E-state index < -0.39 is 0 Å². The summed E-state index contributed by atoms with van der Waals surface area (Å²) in [6.45, 7) is 0. The van der Waals surface area contributed by atoms with Gasteiger partial charge in [-0.1, -0.05) is 152 Å². The third kappa shape index (κ3) is 5.35. The van der Waals surface area contributed by atoms with Gasteiger partial charge in [-0.05, 0) is 87.1 Å². The van der Waals surface area contributed by atoms with Crippen molar-refractivity contribution in [1.29, 1.82) is 0 Å². The molecule has 0 unspecified atom stereocenters. The second-order valence-electron chi connectivity index (χ2n) is 14.0. The minimum Gasteiger partial charge on any atom is -0.310 e. The second-order valence-corrected chi connectivity index (χ2v) is 16.2. The molecule has 1 nitrogen and oxygen atoms in total. The molecule has 0 aliphatic carbocycles. The number of para-hydroxylation sites is 1. The summed E-state index contributed by atoms with van der Waals surface area (Å²) in [6.07, 6.45) is 0. The molecule has 0 amide bonds. The lowest BCUT2D eigenvalue weighted by Crippen LogP contribution is -2.11. The van der Waals surface area contributed by atoms with Gasteiger partial charge >= 0.3 is 0 Å². The molecular weight excluding hydrogens is 703 g/mol. The van der Waals surface area contributed by atoms with E-state index in [0.29, 0.717) is 0 Å². The Morgan fingerprint density at radius 2 is 0.855 bits per heavy atom. The van der Waals surface area contributed by atoms with Crippen molar-refractivity contribution in [1.82, 2.24) is 0 Å². The maximum atomic E-state index is 2.46. The summed E-state index contributed by atoms with van der Waals surface area (Å²) in [7, 11) is 0. The molecule has 0 radical (unpaired) electrons. The van der Waals surface area contributed by atoms with Crippen LogP contribution in [0.15, 0.2) is 200 Å². The summed E-state index contributed by atoms with van der Waals surface area (Å²) >= 11 is 3.75. The smallest absolute Gasteiger partial charge is 0.0540 e. The average Bonchev–Trinajstić information content (AvgIpc) is 3.83. The highest BCUT2D eigenvalue weighted by Crippen LogP contribution is 2.47. The van der Waals surface area contributed by atoms with Crippen LogP contribution >= 0.6 is 22.7 Å². The van der Waals surface area contributed by atoms with Crippen LogP contribution in [0.25, 0.3) is 84.5 Å². The lowest BCUT2D eigenvalue weighted by atomic mass is 9.95. The standard InChI is InChI=1S/C52H33NS2/c1-2-20-39-34(14-1)15-11-26-42(39)43-21-3-6-28-47(43)53(37-18-9-16-35(32-37)40-24-13-31-50-51(40)46-23-5-8-30-49(46)54-50)38-19-10-17-36(33-38)41-25-12-27-45-44-22-4-7-29-48(44)55-52(41)45/h1-33H. The van der Waals surface area contributed by atoms with Crippen LogP contribution in [0.3, 0.4) is 0 Å². The molecule has 11 rings (SSSR count). The van der Waals surface area contributed by atoms with Crippen LogP contribution < -0.4 is 4.90 Å². The van der Waals surface area contributed by atoms with Crippen molar-refractivity contribution in [2.75, 3.05) is 4.90 Å². The zero-order valence-electron chi connectivity index (χ0n) is 29.8. The Kier molecular flexibility index (Phi) is 7.61. The number of fused-ring (bicyclic) bond motifs is 7. The van der Waals surface area contributed by atoms with Crippen LogP contribution in [0.4, 0.5) is 17.1 Å². The average molecular weight is 736 g/mol. The van der Waals surface area contributed by atoms with E-state index in [1.807, 2.05) is 22.7 Å². The fourth-order valence-corrected chi connectivity index (χ4v) is 10.8. The van der Waals surface area contributed by atoms with Crippen LogP contribution in [0.1, 0.15) is 0 Å². The van der Waals surface area contributed by atoms with Gasteiger partial charge in [0.1, 0.15) is 0 Å². The van der Waals surface area contributed by atoms with Gasteiger partial charge in [-0.2, -0.15) is 0 Å². The van der Waals surface area contributed by atoms with Crippen molar-refractivity contribution in [2.45, 2.75) is 0 Å². The van der Waals surface area contributed by atoms with E-state index in [4.69, 9.17) is 0 Å². The maximum Gasteiger partial charge on any atom is 0.0540 e. The molecule has 258 valence electrons. The van der Waals surface area contributed by atoms with Crippen molar-refractivity contribution in [3.05, 3.63) is 200 Å². The Bertz CT molecular complexity index is 3230. The fraction of sp³-hybridized carbons (Fsp3) is 0. The Morgan fingerprint density at radius 3 is 1.69 bits per heavy atom. The molecular formula is C52H33NS2. The largest absolute Gasteiger partial charge is 0.310 e. The van der Waals surface area contributed by atoms with Crippen molar-refractivity contribution >= 4 is 90.9 Å². The quantitative estimate of drug-likeness (QED) is 0.164. The first-order valence-corrected chi connectivity index (χ1v) is 20.3. The molecule has 0 atom stereocenters. The molecule has 9 aromatic carbocycles. The Hall–Kier alpha value is -6.52. The van der Waals surface area contributed by atoms with Gasteiger partial charge in [-0.25, -0.2) is 0 Å². The van der Waals surface area contributed by atoms with E-state index in [2.05, 4.69) is 205 Å². The van der Waals surface area contributed by atoms with Gasteiger partial charge in [0.05, 0.1) is 5.69 Å². The molecule has 0 bridgehead atoms. The van der Waals surface area contributed by atoms with Crippen LogP contribution in [0, 0.1) is 0 Å². The topological polar surface area (TPSA) is 3.24 Å². The van der Waals surface area contributed by atoms with Gasteiger partial charge < -0.3 is 4.90 Å². The molecule has 2 heterocycles. The van der Waals surface area contributed by atoms with Gasteiger partial charge in [0.2, 0.25) is 0 Å². The zero-order valence-corrected chi connectivity index (χ0v) is 31.4. The summed E-state index contributed by atoms with van der Waals surface area (Å²) in [4.78, 5) is 2.46. The Labute approximate surface area is 327 Å². The lowest BCUT2D eigenvalue weighted by Gasteiger charge is -2.29. The van der Waals surface area contributed by atoms with Crippen molar-refractivity contribution in [3.8, 4) is 33.4 Å². The molecule has 0 spiro atoms. The van der Waals surface area contributed by atoms with E-state index in [9.17, 15) is 0 Å². The second kappa shape index (κ2) is 13.1. The summed E-state index contributed by atoms with van der Waals surface area (Å²) in [5.41, 5.74) is 10.7. The summed E-state index contributed by atoms with van der Waals surface area (Å²) in [6, 6.07) is 73.5. The van der Waals surface area contributed by atoms with E-state index in [0.717, 1.165) is 17.1 Å². The molecule has 0 aliphatic rings. The SMILES string of the molecule is c1cc(-c2cccc3c2sc2ccccc23)cc(N(c2cccc(-c3cccc4sc5ccccc5c34)c2)c2ccccc2-c2cccc3ccccc23)c1. The molecule has 0 fully saturated rings. The van der Waals surface area contributed by atoms with E-state index in [1.54, 1.807) is 0 Å². The maximum absolute atomic E-state index is 2.46. The summed E-state index contributed by atoms with van der Waals surface area (Å²) < 4.78 is 5.27. The Morgan fingerprint density at radius 1 is 0.327 bits per heavy atom. The predicted molar refractivity (Wildman–Crippen MR) is 241 cm³/mol. The van der Waals surface area contributed by atoms with Gasteiger partial charge in [0.25, 0.3) is 0 Å². The molecule has 0 saturated heterocycles. The highest BCUT2D eigenvalue weighted by Gasteiger charge is 2.21. The number of nitrogens with zero attached hydrogens (tertiary/aromatic N) is 1. The normalized spacial score (nSPS) is 11.6. The third-order valence-corrected chi connectivity index (χ3v) is 13.2. The highest BCUT2D eigenvalue weighted by molar-refractivity contribution is 7.26. The van der Waals surface area contributed by atoms with Crippen LogP contribution in [-0.4, -0.2) is 0 Å². The van der Waals surface area contributed by atoms with Crippen molar-refractivity contribution in [2.24, 2.45) is 0 Å². The first-order valence-electron chi connectivity index (χ1n) is 18.7. The first kappa shape index (κ1) is 32.0. The van der Waals surface area contributed by atoms with Gasteiger partial charge in [0.15, 0.2) is 0 Å². The van der Waals surface area contributed by atoms with Gasteiger partial charge in [-0.3, -0.25) is 0 Å². The molecule has 0 N–H and O–H groups in total.